The Bertz CT molecular complexity index is 751. The molecule has 25 heavy (non-hydrogen) atoms. The van der Waals surface area contributed by atoms with Gasteiger partial charge in [0.25, 0.3) is 5.91 Å². The Morgan fingerprint density at radius 2 is 1.88 bits per heavy atom. The number of benzene rings is 2. The third kappa shape index (κ3) is 5.45. The summed E-state index contributed by atoms with van der Waals surface area (Å²) in [5, 5.41) is 2.54. The van der Waals surface area contributed by atoms with Crippen LogP contribution in [0.4, 0.5) is 14.5 Å². The molecule has 0 bridgehead atoms. The predicted molar refractivity (Wildman–Crippen MR) is 85.0 cm³/mol. The Kier molecular flexibility index (Phi) is 6.27. The van der Waals surface area contributed by atoms with Crippen LogP contribution in [0.2, 0.25) is 0 Å². The molecule has 0 saturated heterocycles. The van der Waals surface area contributed by atoms with Gasteiger partial charge in [-0.25, -0.2) is 4.79 Å². The van der Waals surface area contributed by atoms with E-state index in [4.69, 9.17) is 9.47 Å². The fourth-order valence-corrected chi connectivity index (χ4v) is 1.95. The van der Waals surface area contributed by atoms with Gasteiger partial charge in [0.1, 0.15) is 11.5 Å². The van der Waals surface area contributed by atoms with E-state index in [1.165, 1.54) is 25.3 Å². The van der Waals surface area contributed by atoms with Crippen LogP contribution in [0.1, 0.15) is 10.4 Å². The van der Waals surface area contributed by atoms with Crippen molar-refractivity contribution in [2.45, 2.75) is 6.61 Å². The maximum absolute atomic E-state index is 12.2. The fraction of sp³-hybridized carbons (Fsp3) is 0.176. The lowest BCUT2D eigenvalue weighted by Crippen LogP contribution is -2.21. The molecule has 132 valence electrons. The molecule has 0 radical (unpaired) electrons. The van der Waals surface area contributed by atoms with Crippen LogP contribution in [-0.2, 0) is 9.53 Å². The molecule has 0 aromatic heterocycles. The zero-order valence-corrected chi connectivity index (χ0v) is 13.2. The van der Waals surface area contributed by atoms with Gasteiger partial charge in [0.05, 0.1) is 18.4 Å². The first kappa shape index (κ1) is 18.2. The Labute approximate surface area is 142 Å². The molecule has 0 aliphatic carbocycles. The van der Waals surface area contributed by atoms with Gasteiger partial charge < -0.3 is 19.5 Å². The van der Waals surface area contributed by atoms with Crippen LogP contribution in [-0.4, -0.2) is 32.2 Å². The third-order valence-electron chi connectivity index (χ3n) is 3.01. The molecule has 1 N–H and O–H groups in total. The lowest BCUT2D eigenvalue weighted by Gasteiger charge is -2.10. The van der Waals surface area contributed by atoms with Gasteiger partial charge in [-0.15, -0.1) is 0 Å². The number of anilines is 1. The molecule has 0 heterocycles. The lowest BCUT2D eigenvalue weighted by atomic mass is 10.2. The average molecular weight is 351 g/mol. The number of amides is 1. The molecule has 0 fully saturated rings. The van der Waals surface area contributed by atoms with E-state index in [2.05, 4.69) is 10.1 Å². The van der Waals surface area contributed by atoms with Gasteiger partial charge in [-0.2, -0.15) is 8.78 Å². The van der Waals surface area contributed by atoms with E-state index >= 15 is 0 Å². The largest absolute Gasteiger partial charge is 0.495 e. The highest BCUT2D eigenvalue weighted by molar-refractivity contribution is 5.96. The third-order valence-corrected chi connectivity index (χ3v) is 3.01. The molecule has 8 heteroatoms. The summed E-state index contributed by atoms with van der Waals surface area (Å²) >= 11 is 0. The van der Waals surface area contributed by atoms with Crippen LogP contribution >= 0.6 is 0 Å². The van der Waals surface area contributed by atoms with Gasteiger partial charge in [0.2, 0.25) is 0 Å². The molecule has 0 spiro atoms. The van der Waals surface area contributed by atoms with Gasteiger partial charge in [-0.05, 0) is 30.3 Å². The first-order chi connectivity index (χ1) is 12.0. The number of halogens is 2. The van der Waals surface area contributed by atoms with Crippen molar-refractivity contribution in [2.24, 2.45) is 0 Å². The van der Waals surface area contributed by atoms with E-state index in [1.54, 1.807) is 24.3 Å². The van der Waals surface area contributed by atoms with Crippen LogP contribution in [0, 0.1) is 0 Å². The Hall–Kier alpha value is -3.16. The molecule has 0 unspecified atom stereocenters. The number of methoxy groups -OCH3 is 1. The number of esters is 1. The first-order valence-corrected chi connectivity index (χ1v) is 7.14. The number of hydrogen-bond donors (Lipinski definition) is 1. The van der Waals surface area contributed by atoms with Crippen LogP contribution in [0.5, 0.6) is 11.5 Å². The van der Waals surface area contributed by atoms with Gasteiger partial charge in [0.15, 0.2) is 6.61 Å². The second-order valence-corrected chi connectivity index (χ2v) is 4.73. The molecule has 0 aliphatic rings. The Morgan fingerprint density at radius 3 is 2.60 bits per heavy atom. The summed E-state index contributed by atoms with van der Waals surface area (Å²) in [6.45, 7) is -3.55. The molecule has 2 aromatic carbocycles. The Balaban J connectivity index is 1.92. The second-order valence-electron chi connectivity index (χ2n) is 4.73. The van der Waals surface area contributed by atoms with Crippen molar-refractivity contribution >= 4 is 17.6 Å². The van der Waals surface area contributed by atoms with E-state index < -0.39 is 25.1 Å². The highest BCUT2D eigenvalue weighted by Gasteiger charge is 2.13. The van der Waals surface area contributed by atoms with E-state index in [9.17, 15) is 18.4 Å². The van der Waals surface area contributed by atoms with Crippen molar-refractivity contribution in [1.82, 2.24) is 0 Å². The smallest absolute Gasteiger partial charge is 0.387 e. The van der Waals surface area contributed by atoms with Crippen LogP contribution < -0.4 is 14.8 Å². The zero-order valence-electron chi connectivity index (χ0n) is 13.2. The van der Waals surface area contributed by atoms with Crippen molar-refractivity contribution in [3.05, 3.63) is 54.1 Å². The predicted octanol–water partition coefficient (Wildman–Crippen LogP) is 3.09. The summed E-state index contributed by atoms with van der Waals surface area (Å²) < 4.78 is 38.5. The quantitative estimate of drug-likeness (QED) is 0.776. The molecule has 6 nitrogen and oxygen atoms in total. The number of ether oxygens (including phenoxy) is 3. The summed E-state index contributed by atoms with van der Waals surface area (Å²) in [5.74, 6) is -1.13. The Morgan fingerprint density at radius 1 is 1.12 bits per heavy atom. The lowest BCUT2D eigenvalue weighted by molar-refractivity contribution is -0.119. The van der Waals surface area contributed by atoms with Crippen molar-refractivity contribution in [1.29, 1.82) is 0 Å². The molecule has 0 saturated carbocycles. The molecule has 1 amide bonds. The maximum atomic E-state index is 12.2. The minimum absolute atomic E-state index is 0.0109. The van der Waals surface area contributed by atoms with Gasteiger partial charge in [-0.3, -0.25) is 4.79 Å². The number of rotatable bonds is 7. The molecule has 2 rings (SSSR count). The van der Waals surface area contributed by atoms with E-state index in [0.29, 0.717) is 11.4 Å². The average Bonchev–Trinajstić information content (AvgIpc) is 2.60. The second kappa shape index (κ2) is 8.62. The number of carbonyl (C=O) groups is 2. The SMILES string of the molecule is COc1ccccc1NC(=O)COC(=O)c1cccc(OC(F)F)c1. The topological polar surface area (TPSA) is 73.9 Å². The van der Waals surface area contributed by atoms with E-state index in [-0.39, 0.29) is 11.3 Å². The minimum atomic E-state index is -3.00. The van der Waals surface area contributed by atoms with Crippen LogP contribution in [0.25, 0.3) is 0 Å². The van der Waals surface area contributed by atoms with E-state index in [0.717, 1.165) is 6.07 Å². The van der Waals surface area contributed by atoms with E-state index in [1.807, 2.05) is 0 Å². The monoisotopic (exact) mass is 351 g/mol. The summed E-state index contributed by atoms with van der Waals surface area (Å²) in [7, 11) is 1.46. The number of alkyl halides is 2. The summed E-state index contributed by atoms with van der Waals surface area (Å²) in [4.78, 5) is 23.8. The molecule has 2 aromatic rings. The first-order valence-electron chi connectivity index (χ1n) is 7.14. The number of para-hydroxylation sites is 2. The zero-order chi connectivity index (χ0) is 18.2. The molecular weight excluding hydrogens is 336 g/mol. The van der Waals surface area contributed by atoms with Crippen molar-refractivity contribution in [3.63, 3.8) is 0 Å². The molecular formula is C17H15F2NO5. The minimum Gasteiger partial charge on any atom is -0.495 e. The van der Waals surface area contributed by atoms with Gasteiger partial charge in [-0.1, -0.05) is 18.2 Å². The van der Waals surface area contributed by atoms with Crippen LogP contribution in [0.3, 0.4) is 0 Å². The van der Waals surface area contributed by atoms with Gasteiger partial charge >= 0.3 is 12.6 Å². The van der Waals surface area contributed by atoms with Gasteiger partial charge in [0, 0.05) is 0 Å². The highest BCUT2D eigenvalue weighted by atomic mass is 19.3. The van der Waals surface area contributed by atoms with Crippen molar-refractivity contribution in [2.75, 3.05) is 19.0 Å². The normalized spacial score (nSPS) is 10.2. The number of nitrogens with one attached hydrogen (secondary N) is 1. The number of carbonyl (C=O) groups excluding carboxylic acids is 2. The summed E-state index contributed by atoms with van der Waals surface area (Å²) in [6.07, 6.45) is 0. The number of hydrogen-bond acceptors (Lipinski definition) is 5. The summed E-state index contributed by atoms with van der Waals surface area (Å²) in [5.41, 5.74) is 0.418. The molecule has 0 aliphatic heterocycles. The van der Waals surface area contributed by atoms with Crippen LogP contribution in [0.15, 0.2) is 48.5 Å². The van der Waals surface area contributed by atoms with Crippen molar-refractivity contribution < 1.29 is 32.6 Å². The standard InChI is InChI=1S/C17H15F2NO5/c1-23-14-8-3-2-7-13(14)20-15(21)10-24-16(22)11-5-4-6-12(9-11)25-17(18)19/h2-9,17H,10H2,1H3,(H,20,21). The fourth-order valence-electron chi connectivity index (χ4n) is 1.95. The molecule has 0 atom stereocenters. The van der Waals surface area contributed by atoms with Crippen molar-refractivity contribution in [3.8, 4) is 11.5 Å². The highest BCUT2D eigenvalue weighted by Crippen LogP contribution is 2.23. The maximum Gasteiger partial charge on any atom is 0.387 e. The summed E-state index contributed by atoms with van der Waals surface area (Å²) in [6, 6.07) is 11.8.